The molecule has 106 valence electrons. The van der Waals surface area contributed by atoms with Gasteiger partial charge in [0.1, 0.15) is 11.3 Å². The molecule has 2 N–H and O–H groups in total. The topological polar surface area (TPSA) is 48.1 Å². The summed E-state index contributed by atoms with van der Waals surface area (Å²) < 4.78 is 6.01. The fourth-order valence-corrected chi connectivity index (χ4v) is 2.39. The van der Waals surface area contributed by atoms with Gasteiger partial charge in [0.25, 0.3) is 0 Å². The van der Waals surface area contributed by atoms with Crippen LogP contribution < -0.4 is 10.5 Å². The molecule has 3 nitrogen and oxygen atoms in total. The predicted molar refractivity (Wildman–Crippen MR) is 85.6 cm³/mol. The molecule has 21 heavy (non-hydrogen) atoms. The molecule has 1 heterocycles. The molecular weight excluding hydrogens is 260 g/mol. The summed E-state index contributed by atoms with van der Waals surface area (Å²) >= 11 is 0. The van der Waals surface area contributed by atoms with Crippen LogP contribution in [0, 0.1) is 0 Å². The second-order valence-electron chi connectivity index (χ2n) is 5.26. The van der Waals surface area contributed by atoms with Crippen LogP contribution in [0.2, 0.25) is 0 Å². The zero-order chi connectivity index (χ0) is 14.7. The van der Waals surface area contributed by atoms with Crippen LogP contribution >= 0.6 is 0 Å². The first-order valence-corrected chi connectivity index (χ1v) is 7.08. The standard InChI is InChI=1S/C18H18N2O/c1-13(19)11-14-5-2-8-16(12-14)21-17-9-3-6-15-7-4-10-20-18(15)17/h2-10,12-13H,11,19H2,1H3. The van der Waals surface area contributed by atoms with Crippen molar-refractivity contribution in [3.05, 3.63) is 66.4 Å². The molecule has 0 saturated carbocycles. The first-order chi connectivity index (χ1) is 10.2. The molecule has 0 saturated heterocycles. The van der Waals surface area contributed by atoms with Gasteiger partial charge in [0.05, 0.1) is 0 Å². The Morgan fingerprint density at radius 1 is 1.10 bits per heavy atom. The number of benzene rings is 2. The maximum Gasteiger partial charge on any atom is 0.153 e. The maximum absolute atomic E-state index is 6.01. The van der Waals surface area contributed by atoms with Gasteiger partial charge in [0.15, 0.2) is 5.75 Å². The molecule has 3 aromatic rings. The van der Waals surface area contributed by atoms with Gasteiger partial charge in [0.2, 0.25) is 0 Å². The third-order valence-corrected chi connectivity index (χ3v) is 3.28. The van der Waals surface area contributed by atoms with Gasteiger partial charge in [-0.3, -0.25) is 4.98 Å². The molecule has 0 amide bonds. The normalized spacial score (nSPS) is 12.3. The second-order valence-corrected chi connectivity index (χ2v) is 5.26. The van der Waals surface area contributed by atoms with E-state index in [0.717, 1.165) is 28.8 Å². The highest BCUT2D eigenvalue weighted by atomic mass is 16.5. The van der Waals surface area contributed by atoms with Crippen molar-refractivity contribution in [3.63, 3.8) is 0 Å². The van der Waals surface area contributed by atoms with Crippen LogP contribution in [0.15, 0.2) is 60.8 Å². The summed E-state index contributed by atoms with van der Waals surface area (Å²) in [5.74, 6) is 1.58. The lowest BCUT2D eigenvalue weighted by Crippen LogP contribution is -2.17. The predicted octanol–water partition coefficient (Wildman–Crippen LogP) is 3.92. The molecule has 0 bridgehead atoms. The molecule has 0 spiro atoms. The van der Waals surface area contributed by atoms with Crippen molar-refractivity contribution >= 4 is 10.9 Å². The molecule has 2 aromatic carbocycles. The second kappa shape index (κ2) is 5.94. The van der Waals surface area contributed by atoms with Crippen molar-refractivity contribution in [2.45, 2.75) is 19.4 Å². The van der Waals surface area contributed by atoms with Crippen LogP contribution in [-0.2, 0) is 6.42 Å². The fraction of sp³-hybridized carbons (Fsp3) is 0.167. The molecule has 1 unspecified atom stereocenters. The Hall–Kier alpha value is -2.39. The molecule has 0 aliphatic heterocycles. The smallest absolute Gasteiger partial charge is 0.153 e. The minimum absolute atomic E-state index is 0.138. The number of hydrogen-bond donors (Lipinski definition) is 1. The highest BCUT2D eigenvalue weighted by Crippen LogP contribution is 2.28. The minimum Gasteiger partial charge on any atom is -0.455 e. The van der Waals surface area contributed by atoms with Crippen LogP contribution in [0.1, 0.15) is 12.5 Å². The number of nitrogens with zero attached hydrogens (tertiary/aromatic N) is 1. The molecule has 1 aromatic heterocycles. The Morgan fingerprint density at radius 2 is 1.90 bits per heavy atom. The van der Waals surface area contributed by atoms with Gasteiger partial charge in [-0.1, -0.05) is 30.3 Å². The molecule has 1 atom stereocenters. The van der Waals surface area contributed by atoms with Gasteiger partial charge in [-0.2, -0.15) is 0 Å². The third-order valence-electron chi connectivity index (χ3n) is 3.28. The van der Waals surface area contributed by atoms with Gasteiger partial charge in [-0.25, -0.2) is 0 Å². The van der Waals surface area contributed by atoms with E-state index in [0.29, 0.717) is 0 Å². The Morgan fingerprint density at radius 3 is 2.76 bits per heavy atom. The first kappa shape index (κ1) is 13.6. The number of ether oxygens (including phenoxy) is 1. The van der Waals surface area contributed by atoms with Gasteiger partial charge < -0.3 is 10.5 Å². The van der Waals surface area contributed by atoms with E-state index < -0.39 is 0 Å². The van der Waals surface area contributed by atoms with E-state index in [1.54, 1.807) is 6.20 Å². The molecule has 0 aliphatic carbocycles. The van der Waals surface area contributed by atoms with E-state index in [9.17, 15) is 0 Å². The summed E-state index contributed by atoms with van der Waals surface area (Å²) in [6.45, 7) is 2.00. The molecule has 3 rings (SSSR count). The van der Waals surface area contributed by atoms with Crippen LogP contribution in [0.25, 0.3) is 10.9 Å². The van der Waals surface area contributed by atoms with Crippen molar-refractivity contribution in [3.8, 4) is 11.5 Å². The van der Waals surface area contributed by atoms with Crippen LogP contribution in [0.5, 0.6) is 11.5 Å². The average molecular weight is 278 g/mol. The van der Waals surface area contributed by atoms with Gasteiger partial charge >= 0.3 is 0 Å². The Bertz CT molecular complexity index is 748. The Labute approximate surface area is 124 Å². The Kier molecular flexibility index (Phi) is 3.84. The highest BCUT2D eigenvalue weighted by molar-refractivity contribution is 5.84. The lowest BCUT2D eigenvalue weighted by atomic mass is 10.1. The van der Waals surface area contributed by atoms with E-state index in [1.165, 1.54) is 5.56 Å². The molecule has 3 heteroatoms. The highest BCUT2D eigenvalue weighted by Gasteiger charge is 2.05. The Balaban J connectivity index is 1.92. The quantitative estimate of drug-likeness (QED) is 0.787. The van der Waals surface area contributed by atoms with Gasteiger partial charge in [0, 0.05) is 17.6 Å². The number of fused-ring (bicyclic) bond motifs is 1. The number of hydrogen-bond acceptors (Lipinski definition) is 3. The van der Waals surface area contributed by atoms with Crippen molar-refractivity contribution in [2.24, 2.45) is 5.73 Å². The number of aromatic nitrogens is 1. The number of nitrogens with two attached hydrogens (primary N) is 1. The van der Waals surface area contributed by atoms with Gasteiger partial charge in [-0.15, -0.1) is 0 Å². The molecule has 0 aliphatic rings. The summed E-state index contributed by atoms with van der Waals surface area (Å²) in [4.78, 5) is 4.40. The van der Waals surface area contributed by atoms with E-state index in [4.69, 9.17) is 10.5 Å². The lowest BCUT2D eigenvalue weighted by molar-refractivity contribution is 0.486. The van der Waals surface area contributed by atoms with E-state index in [-0.39, 0.29) is 6.04 Å². The summed E-state index contributed by atoms with van der Waals surface area (Å²) in [6, 6.07) is 18.1. The largest absolute Gasteiger partial charge is 0.455 e. The zero-order valence-electron chi connectivity index (χ0n) is 12.0. The van der Waals surface area contributed by atoms with Crippen molar-refractivity contribution in [1.82, 2.24) is 4.98 Å². The third kappa shape index (κ3) is 3.20. The molecular formula is C18H18N2O. The van der Waals surface area contributed by atoms with Crippen molar-refractivity contribution < 1.29 is 4.74 Å². The maximum atomic E-state index is 6.01. The van der Waals surface area contributed by atoms with Crippen molar-refractivity contribution in [1.29, 1.82) is 0 Å². The van der Waals surface area contributed by atoms with E-state index >= 15 is 0 Å². The van der Waals surface area contributed by atoms with E-state index in [1.807, 2.05) is 55.5 Å². The van der Waals surface area contributed by atoms with Crippen LogP contribution in [0.3, 0.4) is 0 Å². The monoisotopic (exact) mass is 278 g/mol. The number of rotatable bonds is 4. The number of pyridine rings is 1. The first-order valence-electron chi connectivity index (χ1n) is 7.08. The van der Waals surface area contributed by atoms with Gasteiger partial charge in [-0.05, 0) is 43.2 Å². The summed E-state index contributed by atoms with van der Waals surface area (Å²) in [5, 5.41) is 1.07. The summed E-state index contributed by atoms with van der Waals surface area (Å²) in [5.41, 5.74) is 7.90. The van der Waals surface area contributed by atoms with Crippen molar-refractivity contribution in [2.75, 3.05) is 0 Å². The fourth-order valence-electron chi connectivity index (χ4n) is 2.39. The van der Waals surface area contributed by atoms with Crippen LogP contribution in [-0.4, -0.2) is 11.0 Å². The molecule has 0 fully saturated rings. The number of para-hydroxylation sites is 1. The summed E-state index contributed by atoms with van der Waals surface area (Å²) in [6.07, 6.45) is 2.62. The summed E-state index contributed by atoms with van der Waals surface area (Å²) in [7, 11) is 0. The van der Waals surface area contributed by atoms with Crippen LogP contribution in [0.4, 0.5) is 0 Å². The molecule has 0 radical (unpaired) electrons. The zero-order valence-corrected chi connectivity index (χ0v) is 12.0. The lowest BCUT2D eigenvalue weighted by Gasteiger charge is -2.10. The minimum atomic E-state index is 0.138. The van der Waals surface area contributed by atoms with E-state index in [2.05, 4.69) is 11.1 Å². The SMILES string of the molecule is CC(N)Cc1cccc(Oc2cccc3cccnc23)c1. The average Bonchev–Trinajstić information content (AvgIpc) is 2.47.